The highest BCUT2D eigenvalue weighted by molar-refractivity contribution is 6.74. The van der Waals surface area contributed by atoms with Gasteiger partial charge in [0.2, 0.25) is 0 Å². The molecule has 1 saturated heterocycles. The molecule has 0 aliphatic carbocycles. The average Bonchev–Trinajstić information content (AvgIpc) is 2.91. The van der Waals surface area contributed by atoms with E-state index in [2.05, 4.69) is 72.6 Å². The molecule has 0 aromatic rings. The van der Waals surface area contributed by atoms with Crippen molar-refractivity contribution in [1.29, 1.82) is 0 Å². The van der Waals surface area contributed by atoms with Crippen molar-refractivity contribution in [1.82, 2.24) is 4.90 Å². The van der Waals surface area contributed by atoms with Gasteiger partial charge in [-0.2, -0.15) is 0 Å². The molecule has 1 aliphatic heterocycles. The normalized spacial score (nSPS) is 22.2. The number of ether oxygens (including phenoxy) is 1. The van der Waals surface area contributed by atoms with Gasteiger partial charge >= 0.3 is 5.97 Å². The first-order chi connectivity index (χ1) is 13.0. The molecule has 0 spiro atoms. The minimum Gasteiger partial charge on any atom is -0.465 e. The SMILES string of the molecule is CCOC(=O)CN1[C@@H](CO[Si](C)(C)C(C)(C)C)CC[C@@H]1CO[Si](C)(C)C(C)(C)C. The van der Waals surface area contributed by atoms with Crippen molar-refractivity contribution < 1.29 is 18.4 Å². The maximum absolute atomic E-state index is 12.3. The van der Waals surface area contributed by atoms with Gasteiger partial charge in [0, 0.05) is 25.3 Å². The van der Waals surface area contributed by atoms with E-state index < -0.39 is 16.6 Å². The van der Waals surface area contributed by atoms with Crippen LogP contribution in [0, 0.1) is 0 Å². The molecular weight excluding hydrogens is 398 g/mol. The van der Waals surface area contributed by atoms with Gasteiger partial charge in [-0.1, -0.05) is 41.5 Å². The smallest absolute Gasteiger partial charge is 0.320 e. The summed E-state index contributed by atoms with van der Waals surface area (Å²) in [6.45, 7) is 26.7. The van der Waals surface area contributed by atoms with E-state index in [1.54, 1.807) is 0 Å². The minimum atomic E-state index is -1.82. The van der Waals surface area contributed by atoms with Crippen molar-refractivity contribution in [2.24, 2.45) is 0 Å². The fourth-order valence-corrected chi connectivity index (χ4v) is 5.11. The highest BCUT2D eigenvalue weighted by Gasteiger charge is 2.42. The van der Waals surface area contributed by atoms with Crippen molar-refractivity contribution in [3.05, 3.63) is 0 Å². The molecule has 2 atom stereocenters. The van der Waals surface area contributed by atoms with Gasteiger partial charge in [-0.05, 0) is 56.0 Å². The topological polar surface area (TPSA) is 48.0 Å². The lowest BCUT2D eigenvalue weighted by atomic mass is 10.2. The van der Waals surface area contributed by atoms with E-state index in [-0.39, 0.29) is 28.1 Å². The predicted octanol–water partition coefficient (Wildman–Crippen LogP) is 5.43. The van der Waals surface area contributed by atoms with Crippen LogP contribution in [-0.2, 0) is 18.4 Å². The van der Waals surface area contributed by atoms with Crippen molar-refractivity contribution in [3.63, 3.8) is 0 Å². The van der Waals surface area contributed by atoms with E-state index >= 15 is 0 Å². The van der Waals surface area contributed by atoms with E-state index in [0.29, 0.717) is 26.4 Å². The molecule has 1 fully saturated rings. The molecule has 0 aromatic heterocycles. The lowest BCUT2D eigenvalue weighted by molar-refractivity contribution is -0.145. The van der Waals surface area contributed by atoms with Crippen LogP contribution < -0.4 is 0 Å². The standard InChI is InChI=1S/C22H47NO4Si2/c1-12-25-20(24)15-23-18(16-26-28(8,9)21(2,3)4)13-14-19(23)17-27-29(10,11)22(5,6)7/h18-19H,12-17H2,1-11H3/t18-,19-/m1/s1. The number of carbonyl (C=O) groups is 1. The van der Waals surface area contributed by atoms with Gasteiger partial charge in [-0.15, -0.1) is 0 Å². The largest absolute Gasteiger partial charge is 0.465 e. The monoisotopic (exact) mass is 445 g/mol. The molecule has 0 aromatic carbocycles. The van der Waals surface area contributed by atoms with Gasteiger partial charge in [-0.25, -0.2) is 0 Å². The van der Waals surface area contributed by atoms with Crippen LogP contribution in [0.3, 0.4) is 0 Å². The molecule has 0 saturated carbocycles. The number of esters is 1. The molecular formula is C22H47NO4Si2. The lowest BCUT2D eigenvalue weighted by Crippen LogP contribution is -2.49. The molecule has 172 valence electrons. The second-order valence-corrected chi connectivity index (χ2v) is 21.1. The number of rotatable bonds is 9. The summed E-state index contributed by atoms with van der Waals surface area (Å²) >= 11 is 0. The van der Waals surface area contributed by atoms with Gasteiger partial charge < -0.3 is 13.6 Å². The summed E-state index contributed by atoms with van der Waals surface area (Å²) in [7, 11) is -3.64. The third kappa shape index (κ3) is 7.45. The molecule has 0 amide bonds. The van der Waals surface area contributed by atoms with Crippen molar-refractivity contribution in [2.75, 3.05) is 26.4 Å². The first kappa shape index (κ1) is 26.8. The summed E-state index contributed by atoms with van der Waals surface area (Å²) in [5.74, 6) is -0.149. The third-order valence-electron chi connectivity index (χ3n) is 7.27. The Morgan fingerprint density at radius 2 is 1.24 bits per heavy atom. The van der Waals surface area contributed by atoms with Crippen LogP contribution in [0.25, 0.3) is 0 Å². The van der Waals surface area contributed by atoms with Gasteiger partial charge in [0.25, 0.3) is 0 Å². The fraction of sp³-hybridized carbons (Fsp3) is 0.955. The van der Waals surface area contributed by atoms with Crippen molar-refractivity contribution in [3.8, 4) is 0 Å². The third-order valence-corrected chi connectivity index (χ3v) is 16.3. The highest BCUT2D eigenvalue weighted by Crippen LogP contribution is 2.39. The molecule has 1 aliphatic rings. The van der Waals surface area contributed by atoms with E-state index in [4.69, 9.17) is 13.6 Å². The molecule has 0 unspecified atom stereocenters. The van der Waals surface area contributed by atoms with Gasteiger partial charge in [-0.3, -0.25) is 9.69 Å². The average molecular weight is 446 g/mol. The number of carbonyl (C=O) groups excluding carboxylic acids is 1. The zero-order valence-electron chi connectivity index (χ0n) is 21.0. The quantitative estimate of drug-likeness (QED) is 0.350. The van der Waals surface area contributed by atoms with Gasteiger partial charge in [0.15, 0.2) is 16.6 Å². The fourth-order valence-electron chi connectivity index (χ4n) is 3.03. The Kier molecular flexibility index (Phi) is 9.19. The Bertz CT molecular complexity index is 500. The van der Waals surface area contributed by atoms with Crippen molar-refractivity contribution in [2.45, 2.75) is 110 Å². The molecule has 5 nitrogen and oxygen atoms in total. The summed E-state index contributed by atoms with van der Waals surface area (Å²) in [6, 6.07) is 0.503. The Morgan fingerprint density at radius 1 is 0.862 bits per heavy atom. The zero-order valence-corrected chi connectivity index (χ0v) is 23.0. The Balaban J connectivity index is 2.85. The zero-order chi connectivity index (χ0) is 22.7. The molecule has 1 heterocycles. The van der Waals surface area contributed by atoms with Crippen LogP contribution in [0.15, 0.2) is 0 Å². The molecule has 0 bridgehead atoms. The number of nitrogens with zero attached hydrogens (tertiary/aromatic N) is 1. The summed E-state index contributed by atoms with van der Waals surface area (Å²) in [5.41, 5.74) is 0. The van der Waals surface area contributed by atoms with E-state index in [0.717, 1.165) is 12.8 Å². The highest BCUT2D eigenvalue weighted by atomic mass is 28.4. The van der Waals surface area contributed by atoms with Crippen LogP contribution in [0.4, 0.5) is 0 Å². The maximum Gasteiger partial charge on any atom is 0.320 e. The van der Waals surface area contributed by atoms with Crippen LogP contribution >= 0.6 is 0 Å². The maximum atomic E-state index is 12.3. The molecule has 7 heteroatoms. The second kappa shape index (κ2) is 9.94. The van der Waals surface area contributed by atoms with Crippen LogP contribution in [0.2, 0.25) is 36.3 Å². The molecule has 0 N–H and O–H groups in total. The predicted molar refractivity (Wildman–Crippen MR) is 126 cm³/mol. The Hall–Kier alpha value is -0.216. The molecule has 0 radical (unpaired) electrons. The Morgan fingerprint density at radius 3 is 1.55 bits per heavy atom. The van der Waals surface area contributed by atoms with Crippen LogP contribution in [0.5, 0.6) is 0 Å². The summed E-state index contributed by atoms with van der Waals surface area (Å²) in [4.78, 5) is 14.6. The van der Waals surface area contributed by atoms with E-state index in [1.165, 1.54) is 0 Å². The summed E-state index contributed by atoms with van der Waals surface area (Å²) in [5, 5.41) is 0.366. The number of likely N-dealkylation sites (tertiary alicyclic amines) is 1. The second-order valence-electron chi connectivity index (χ2n) is 11.5. The minimum absolute atomic E-state index is 0.149. The van der Waals surface area contributed by atoms with Crippen LogP contribution in [-0.4, -0.2) is 66.0 Å². The molecule has 29 heavy (non-hydrogen) atoms. The van der Waals surface area contributed by atoms with E-state index in [9.17, 15) is 4.79 Å². The van der Waals surface area contributed by atoms with E-state index in [1.807, 2.05) is 6.92 Å². The lowest BCUT2D eigenvalue weighted by Gasteiger charge is -2.39. The summed E-state index contributed by atoms with van der Waals surface area (Å²) in [6.07, 6.45) is 2.08. The van der Waals surface area contributed by atoms with Gasteiger partial charge in [0.05, 0.1) is 13.2 Å². The Labute approximate surface area is 182 Å². The van der Waals surface area contributed by atoms with Gasteiger partial charge in [0.1, 0.15) is 0 Å². The number of hydrogen-bond acceptors (Lipinski definition) is 5. The molecule has 1 rings (SSSR count). The van der Waals surface area contributed by atoms with Crippen LogP contribution in [0.1, 0.15) is 61.3 Å². The number of hydrogen-bond donors (Lipinski definition) is 0. The van der Waals surface area contributed by atoms with Crippen molar-refractivity contribution >= 4 is 22.6 Å². The first-order valence-electron chi connectivity index (χ1n) is 11.2. The first-order valence-corrected chi connectivity index (χ1v) is 17.0. The summed E-state index contributed by atoms with van der Waals surface area (Å²) < 4.78 is 18.3.